The van der Waals surface area contributed by atoms with E-state index in [2.05, 4.69) is 16.9 Å². The maximum absolute atomic E-state index is 14.4. The highest BCUT2D eigenvalue weighted by molar-refractivity contribution is 5.12. The fraction of sp³-hybridized carbons (Fsp3) is 1.00. The van der Waals surface area contributed by atoms with Gasteiger partial charge in [0, 0.05) is 29.7 Å². The number of hydrogen-bond donors (Lipinski definition) is 0. The van der Waals surface area contributed by atoms with Gasteiger partial charge in [-0.15, -0.1) is 0 Å². The molecular weight excluding hydrogens is 395 g/mol. The number of azide groups is 1. The Bertz CT molecular complexity index is 705. The third-order valence-electron chi connectivity index (χ3n) is 7.23. The van der Waals surface area contributed by atoms with Gasteiger partial charge in [-0.05, 0) is 43.6 Å². The zero-order chi connectivity index (χ0) is 21.1. The molecule has 4 aliphatic heterocycles. The molecule has 164 valence electrons. The maximum atomic E-state index is 14.4. The van der Waals surface area contributed by atoms with Crippen LogP contribution in [0.5, 0.6) is 0 Å². The standard InChI is InChI=1S/C18H26F3N3O5/c1-10-4-5-13-11(2)17(18(19,20)21,25-9-8-23-24-22)27-14-16(13)12(10)6-7-15(3,26-14)28-29-16/h10-14H,4-9H2,1-3H3/t10-,11-,12?,13+,14+,15+,16-,17-/m1/s1. The highest BCUT2D eigenvalue weighted by atomic mass is 19.4. The monoisotopic (exact) mass is 421 g/mol. The van der Waals surface area contributed by atoms with Crippen molar-refractivity contribution < 1.29 is 37.2 Å². The van der Waals surface area contributed by atoms with Crippen molar-refractivity contribution in [1.82, 2.24) is 0 Å². The predicted octanol–water partition coefficient (Wildman–Crippen LogP) is 4.45. The van der Waals surface area contributed by atoms with Gasteiger partial charge in [-0.25, -0.2) is 9.78 Å². The van der Waals surface area contributed by atoms with Crippen LogP contribution in [-0.2, 0) is 24.0 Å². The molecule has 4 heterocycles. The van der Waals surface area contributed by atoms with Crippen molar-refractivity contribution in [2.24, 2.45) is 28.8 Å². The Morgan fingerprint density at radius 1 is 1.14 bits per heavy atom. The average molecular weight is 421 g/mol. The number of nitrogens with zero attached hydrogens (tertiary/aromatic N) is 3. The van der Waals surface area contributed by atoms with Crippen molar-refractivity contribution >= 4 is 0 Å². The number of alkyl halides is 3. The molecule has 29 heavy (non-hydrogen) atoms. The Morgan fingerprint density at radius 3 is 2.59 bits per heavy atom. The van der Waals surface area contributed by atoms with Gasteiger partial charge in [-0.2, -0.15) is 13.2 Å². The molecule has 0 aromatic heterocycles. The average Bonchev–Trinajstić information content (AvgIpc) is 2.88. The quantitative estimate of drug-likeness (QED) is 0.220. The molecule has 5 fully saturated rings. The third kappa shape index (κ3) is 2.97. The summed E-state index contributed by atoms with van der Waals surface area (Å²) in [6.45, 7) is 4.56. The van der Waals surface area contributed by atoms with Crippen LogP contribution in [0.15, 0.2) is 5.11 Å². The van der Waals surface area contributed by atoms with Crippen LogP contribution in [0, 0.1) is 23.7 Å². The van der Waals surface area contributed by atoms with Crippen molar-refractivity contribution in [3.05, 3.63) is 10.4 Å². The Labute approximate surface area is 166 Å². The van der Waals surface area contributed by atoms with E-state index in [9.17, 15) is 13.2 Å². The van der Waals surface area contributed by atoms with Gasteiger partial charge < -0.3 is 14.2 Å². The summed E-state index contributed by atoms with van der Waals surface area (Å²) in [5.41, 5.74) is 7.29. The van der Waals surface area contributed by atoms with Crippen molar-refractivity contribution in [3.63, 3.8) is 0 Å². The second kappa shape index (κ2) is 6.96. The highest BCUT2D eigenvalue weighted by Gasteiger charge is 2.77. The molecule has 2 bridgehead atoms. The van der Waals surface area contributed by atoms with Crippen molar-refractivity contribution in [1.29, 1.82) is 0 Å². The van der Waals surface area contributed by atoms with Crippen LogP contribution >= 0.6 is 0 Å². The lowest BCUT2D eigenvalue weighted by Crippen LogP contribution is -2.76. The van der Waals surface area contributed by atoms with Gasteiger partial charge in [-0.3, -0.25) is 0 Å². The van der Waals surface area contributed by atoms with Gasteiger partial charge >= 0.3 is 6.18 Å². The normalized spacial score (nSPS) is 49.1. The summed E-state index contributed by atoms with van der Waals surface area (Å²) in [5.74, 6) is -5.48. The molecule has 0 radical (unpaired) electrons. The fourth-order valence-electron chi connectivity index (χ4n) is 5.77. The Kier molecular flexibility index (Phi) is 5.08. The first-order chi connectivity index (χ1) is 13.6. The number of rotatable bonds is 4. The molecule has 1 unspecified atom stereocenters. The smallest absolute Gasteiger partial charge is 0.342 e. The highest BCUT2D eigenvalue weighted by Crippen LogP contribution is 2.64. The Balaban J connectivity index is 1.76. The zero-order valence-corrected chi connectivity index (χ0v) is 16.6. The van der Waals surface area contributed by atoms with E-state index in [4.69, 9.17) is 29.5 Å². The van der Waals surface area contributed by atoms with Crippen LogP contribution in [0.25, 0.3) is 10.4 Å². The number of halogens is 3. The molecule has 5 rings (SSSR count). The van der Waals surface area contributed by atoms with E-state index in [0.29, 0.717) is 12.8 Å². The third-order valence-corrected chi connectivity index (χ3v) is 7.23. The minimum absolute atomic E-state index is 0.0487. The predicted molar refractivity (Wildman–Crippen MR) is 91.8 cm³/mol. The summed E-state index contributed by atoms with van der Waals surface area (Å²) in [5, 5.41) is 3.27. The van der Waals surface area contributed by atoms with Gasteiger partial charge in [-0.1, -0.05) is 19.0 Å². The second-order valence-electron chi connectivity index (χ2n) is 8.78. The van der Waals surface area contributed by atoms with Gasteiger partial charge in [0.05, 0.1) is 6.61 Å². The Hall–Kier alpha value is -1.10. The van der Waals surface area contributed by atoms with Gasteiger partial charge in [0.15, 0.2) is 11.9 Å². The van der Waals surface area contributed by atoms with Crippen molar-refractivity contribution in [2.75, 3.05) is 13.2 Å². The minimum Gasteiger partial charge on any atom is -0.342 e. The summed E-state index contributed by atoms with van der Waals surface area (Å²) >= 11 is 0. The van der Waals surface area contributed by atoms with Crippen LogP contribution in [0.4, 0.5) is 13.2 Å². The van der Waals surface area contributed by atoms with Gasteiger partial charge in [0.1, 0.15) is 0 Å². The molecule has 11 heteroatoms. The number of ether oxygens (including phenoxy) is 3. The van der Waals surface area contributed by atoms with E-state index in [1.54, 1.807) is 6.92 Å². The largest absolute Gasteiger partial charge is 0.443 e. The lowest BCUT2D eigenvalue weighted by molar-refractivity contribution is -0.598. The van der Waals surface area contributed by atoms with Crippen LogP contribution in [0.2, 0.25) is 0 Å². The van der Waals surface area contributed by atoms with Crippen LogP contribution in [0.3, 0.4) is 0 Å². The molecule has 8 nitrogen and oxygen atoms in total. The van der Waals surface area contributed by atoms with Crippen molar-refractivity contribution in [3.8, 4) is 0 Å². The molecule has 5 aliphatic rings. The molecule has 4 saturated heterocycles. The summed E-state index contributed by atoms with van der Waals surface area (Å²) in [6, 6.07) is 0. The fourth-order valence-corrected chi connectivity index (χ4v) is 5.77. The van der Waals surface area contributed by atoms with Gasteiger partial charge in [0.25, 0.3) is 5.79 Å². The molecule has 0 aromatic carbocycles. The zero-order valence-electron chi connectivity index (χ0n) is 16.6. The van der Waals surface area contributed by atoms with E-state index in [0.717, 1.165) is 12.8 Å². The first-order valence-electron chi connectivity index (χ1n) is 10.0. The first-order valence-corrected chi connectivity index (χ1v) is 10.0. The van der Waals surface area contributed by atoms with Crippen LogP contribution in [-0.4, -0.2) is 42.8 Å². The molecule has 0 amide bonds. The summed E-state index contributed by atoms with van der Waals surface area (Å²) in [4.78, 5) is 14.0. The molecule has 1 spiro atoms. The minimum atomic E-state index is -4.82. The van der Waals surface area contributed by atoms with E-state index in [1.807, 2.05) is 0 Å². The van der Waals surface area contributed by atoms with Gasteiger partial charge in [0.2, 0.25) is 5.79 Å². The van der Waals surface area contributed by atoms with E-state index < -0.39 is 48.1 Å². The van der Waals surface area contributed by atoms with Crippen LogP contribution in [0.1, 0.15) is 46.5 Å². The van der Waals surface area contributed by atoms with E-state index in [1.165, 1.54) is 6.92 Å². The Morgan fingerprint density at radius 2 is 1.90 bits per heavy atom. The number of fused-ring (bicyclic) bond motifs is 2. The molecule has 1 saturated carbocycles. The van der Waals surface area contributed by atoms with E-state index in [-0.39, 0.29) is 18.4 Å². The summed E-state index contributed by atoms with van der Waals surface area (Å²) in [6.07, 6.45) is -3.59. The molecule has 0 N–H and O–H groups in total. The second-order valence-corrected chi connectivity index (χ2v) is 8.78. The van der Waals surface area contributed by atoms with E-state index >= 15 is 0 Å². The van der Waals surface area contributed by atoms with Crippen LogP contribution < -0.4 is 0 Å². The molecular formula is C18H26F3N3O5. The molecule has 1 aliphatic carbocycles. The lowest BCUT2D eigenvalue weighted by Gasteiger charge is -2.62. The molecule has 0 aromatic rings. The number of hydrogen-bond acceptors (Lipinski definition) is 6. The molecule has 8 atom stereocenters. The SMILES string of the molecule is C[C@@H]1CC[C@H]2[C@@H](C)[C@](OCCN=[N+]=[N-])(C(F)(F)F)O[C@@H]3O[C@]4(C)CCC1[C@]32OO4. The first kappa shape index (κ1) is 21.1. The topological polar surface area (TPSA) is 94.9 Å². The maximum Gasteiger partial charge on any atom is 0.443 e. The van der Waals surface area contributed by atoms with Crippen molar-refractivity contribution in [2.45, 2.75) is 76.1 Å². The summed E-state index contributed by atoms with van der Waals surface area (Å²) in [7, 11) is 0. The lowest BCUT2D eigenvalue weighted by atomic mass is 9.57. The summed E-state index contributed by atoms with van der Waals surface area (Å²) < 4.78 is 60.1.